The summed E-state index contributed by atoms with van der Waals surface area (Å²) in [6.07, 6.45) is 1.72. The monoisotopic (exact) mass is 416 g/mol. The number of aromatic nitrogens is 1. The molecular formula is C22H32N2O2SSi. The first kappa shape index (κ1) is 21.2. The van der Waals surface area contributed by atoms with Gasteiger partial charge in [0.25, 0.3) is 0 Å². The summed E-state index contributed by atoms with van der Waals surface area (Å²) in [6, 6.07) is 10.1. The van der Waals surface area contributed by atoms with E-state index in [2.05, 4.69) is 45.7 Å². The van der Waals surface area contributed by atoms with Gasteiger partial charge < -0.3 is 13.7 Å². The minimum absolute atomic E-state index is 0.0195. The molecule has 4 nitrogen and oxygen atoms in total. The van der Waals surface area contributed by atoms with Gasteiger partial charge in [-0.05, 0) is 36.7 Å². The number of benzene rings is 1. The lowest BCUT2D eigenvalue weighted by atomic mass is 10.1. The maximum atomic E-state index is 6.64. The van der Waals surface area contributed by atoms with Crippen molar-refractivity contribution in [3.63, 3.8) is 0 Å². The zero-order chi connectivity index (χ0) is 20.5. The Morgan fingerprint density at radius 2 is 1.96 bits per heavy atom. The number of rotatable bonds is 5. The van der Waals surface area contributed by atoms with E-state index in [9.17, 15) is 0 Å². The predicted octanol–water partition coefficient (Wildman–Crippen LogP) is 5.83. The lowest BCUT2D eigenvalue weighted by Gasteiger charge is -2.41. The zero-order valence-electron chi connectivity index (χ0n) is 17.9. The Labute approximate surface area is 175 Å². The normalized spacial score (nSPS) is 16.0. The summed E-state index contributed by atoms with van der Waals surface area (Å²) in [5.41, 5.74) is 2.06. The van der Waals surface area contributed by atoms with Gasteiger partial charge in [0.1, 0.15) is 10.7 Å². The van der Waals surface area contributed by atoms with Gasteiger partial charge >= 0.3 is 0 Å². The standard InChI is InChI=1S/C22H32N2O2SSi/c1-7-18(26-28(5,6)22(2,3)4)21(27)24-14-13-17-19(15-24)25-20(23-17)16-11-9-8-10-12-16/h8-12,18H,7,13-15H2,1-6H3. The maximum absolute atomic E-state index is 6.64. The van der Waals surface area contributed by atoms with E-state index in [0.29, 0.717) is 12.4 Å². The van der Waals surface area contributed by atoms with Crippen LogP contribution in [-0.2, 0) is 17.4 Å². The molecule has 1 atom stereocenters. The van der Waals surface area contributed by atoms with Crippen molar-refractivity contribution >= 4 is 25.5 Å². The number of thiocarbonyl (C=S) groups is 1. The average Bonchev–Trinajstić information content (AvgIpc) is 3.08. The van der Waals surface area contributed by atoms with Crippen LogP contribution in [-0.4, -0.2) is 35.8 Å². The molecule has 0 saturated carbocycles. The van der Waals surface area contributed by atoms with Crippen molar-refractivity contribution in [2.24, 2.45) is 0 Å². The van der Waals surface area contributed by atoms with Crippen LogP contribution in [0.15, 0.2) is 34.7 Å². The fourth-order valence-corrected chi connectivity index (χ4v) is 4.93. The first-order valence-electron chi connectivity index (χ1n) is 10.1. The summed E-state index contributed by atoms with van der Waals surface area (Å²) in [5.74, 6) is 1.62. The van der Waals surface area contributed by atoms with Crippen LogP contribution in [0.4, 0.5) is 0 Å². The van der Waals surface area contributed by atoms with Crippen molar-refractivity contribution in [3.05, 3.63) is 41.8 Å². The molecule has 0 radical (unpaired) electrons. The summed E-state index contributed by atoms with van der Waals surface area (Å²) in [4.78, 5) is 7.84. The SMILES string of the molecule is CCC(O[Si](C)(C)C(C)(C)C)C(=S)N1CCc2nc(-c3ccccc3)oc2C1. The molecule has 0 bridgehead atoms. The van der Waals surface area contributed by atoms with Gasteiger partial charge in [-0.3, -0.25) is 0 Å². The van der Waals surface area contributed by atoms with Crippen LogP contribution in [0, 0.1) is 0 Å². The van der Waals surface area contributed by atoms with Gasteiger partial charge in [0.05, 0.1) is 18.3 Å². The van der Waals surface area contributed by atoms with E-state index in [1.807, 2.05) is 30.3 Å². The Hall–Kier alpha value is -1.50. The molecule has 152 valence electrons. The largest absolute Gasteiger partial charge is 0.439 e. The van der Waals surface area contributed by atoms with Crippen LogP contribution in [0.25, 0.3) is 11.5 Å². The van der Waals surface area contributed by atoms with Crippen molar-refractivity contribution in [2.75, 3.05) is 6.54 Å². The van der Waals surface area contributed by atoms with Crippen LogP contribution in [0.1, 0.15) is 45.6 Å². The highest BCUT2D eigenvalue weighted by Gasteiger charge is 2.40. The minimum atomic E-state index is -1.88. The highest BCUT2D eigenvalue weighted by Crippen LogP contribution is 2.38. The Balaban J connectivity index is 1.74. The third kappa shape index (κ3) is 4.39. The number of nitrogens with zero attached hydrogens (tertiary/aromatic N) is 2. The molecule has 3 rings (SSSR count). The van der Waals surface area contributed by atoms with Gasteiger partial charge in [-0.1, -0.05) is 58.1 Å². The van der Waals surface area contributed by atoms with Gasteiger partial charge in [0.15, 0.2) is 8.32 Å². The van der Waals surface area contributed by atoms with Crippen molar-refractivity contribution in [3.8, 4) is 11.5 Å². The molecule has 28 heavy (non-hydrogen) atoms. The first-order chi connectivity index (χ1) is 13.1. The molecule has 1 aromatic carbocycles. The molecule has 0 amide bonds. The topological polar surface area (TPSA) is 38.5 Å². The highest BCUT2D eigenvalue weighted by atomic mass is 32.1. The number of fused-ring (bicyclic) bond motifs is 1. The number of hydrogen-bond acceptors (Lipinski definition) is 4. The van der Waals surface area contributed by atoms with Gasteiger partial charge in [0.2, 0.25) is 5.89 Å². The van der Waals surface area contributed by atoms with E-state index in [-0.39, 0.29) is 11.1 Å². The Morgan fingerprint density at radius 3 is 2.57 bits per heavy atom. The molecule has 1 aliphatic heterocycles. The maximum Gasteiger partial charge on any atom is 0.226 e. The fraction of sp³-hybridized carbons (Fsp3) is 0.545. The van der Waals surface area contributed by atoms with Gasteiger partial charge in [-0.15, -0.1) is 0 Å². The quantitative estimate of drug-likeness (QED) is 0.453. The highest BCUT2D eigenvalue weighted by molar-refractivity contribution is 7.80. The number of hydrogen-bond donors (Lipinski definition) is 0. The summed E-state index contributed by atoms with van der Waals surface area (Å²) in [5, 5.41) is 0.167. The van der Waals surface area contributed by atoms with E-state index in [4.69, 9.17) is 26.0 Å². The molecule has 0 spiro atoms. The average molecular weight is 417 g/mol. The lowest BCUT2D eigenvalue weighted by molar-refractivity contribution is 0.214. The first-order valence-corrected chi connectivity index (χ1v) is 13.4. The molecule has 0 fully saturated rings. The molecule has 0 aliphatic carbocycles. The van der Waals surface area contributed by atoms with E-state index in [1.165, 1.54) is 0 Å². The Morgan fingerprint density at radius 1 is 1.29 bits per heavy atom. The fourth-order valence-electron chi connectivity index (χ4n) is 3.13. The van der Waals surface area contributed by atoms with Crippen molar-refractivity contribution < 1.29 is 8.84 Å². The second-order valence-electron chi connectivity index (χ2n) is 9.04. The molecule has 6 heteroatoms. The summed E-state index contributed by atoms with van der Waals surface area (Å²) >= 11 is 5.88. The Bertz CT molecular complexity index is 827. The van der Waals surface area contributed by atoms with Gasteiger partial charge in [-0.25, -0.2) is 4.98 Å². The molecule has 2 heterocycles. The van der Waals surface area contributed by atoms with Crippen molar-refractivity contribution in [2.45, 2.75) is 71.3 Å². The molecule has 0 saturated heterocycles. The predicted molar refractivity (Wildman–Crippen MR) is 121 cm³/mol. The van der Waals surface area contributed by atoms with Crippen LogP contribution in [0.5, 0.6) is 0 Å². The summed E-state index contributed by atoms with van der Waals surface area (Å²) < 4.78 is 12.7. The molecular weight excluding hydrogens is 384 g/mol. The molecule has 2 aromatic rings. The second kappa shape index (κ2) is 8.09. The van der Waals surface area contributed by atoms with Crippen molar-refractivity contribution in [1.29, 1.82) is 0 Å². The lowest BCUT2D eigenvalue weighted by Crippen LogP contribution is -2.49. The van der Waals surface area contributed by atoms with E-state index >= 15 is 0 Å². The molecule has 1 aromatic heterocycles. The van der Waals surface area contributed by atoms with Crippen LogP contribution >= 0.6 is 12.2 Å². The molecule has 1 unspecified atom stereocenters. The second-order valence-corrected chi connectivity index (χ2v) is 14.2. The van der Waals surface area contributed by atoms with E-state index in [1.54, 1.807) is 0 Å². The van der Waals surface area contributed by atoms with Gasteiger partial charge in [-0.2, -0.15) is 0 Å². The van der Waals surface area contributed by atoms with Crippen LogP contribution in [0.3, 0.4) is 0 Å². The third-order valence-electron chi connectivity index (χ3n) is 5.95. The minimum Gasteiger partial charge on any atom is -0.439 e. The summed E-state index contributed by atoms with van der Waals surface area (Å²) in [6.45, 7) is 15.1. The molecule has 0 N–H and O–H groups in total. The molecule has 1 aliphatic rings. The van der Waals surface area contributed by atoms with Crippen LogP contribution < -0.4 is 0 Å². The zero-order valence-corrected chi connectivity index (χ0v) is 19.7. The summed E-state index contributed by atoms with van der Waals surface area (Å²) in [7, 11) is -1.88. The van der Waals surface area contributed by atoms with E-state index in [0.717, 1.165) is 41.4 Å². The van der Waals surface area contributed by atoms with E-state index < -0.39 is 8.32 Å². The smallest absolute Gasteiger partial charge is 0.226 e. The van der Waals surface area contributed by atoms with Crippen molar-refractivity contribution in [1.82, 2.24) is 9.88 Å². The Kier molecular flexibility index (Phi) is 6.13. The third-order valence-corrected chi connectivity index (χ3v) is 11.0. The number of oxazole rings is 1. The van der Waals surface area contributed by atoms with Crippen LogP contribution in [0.2, 0.25) is 18.1 Å². The van der Waals surface area contributed by atoms with Gasteiger partial charge in [0, 0.05) is 18.5 Å².